The van der Waals surface area contributed by atoms with Crippen LogP contribution in [0.4, 0.5) is 8.78 Å². The molecule has 0 unspecified atom stereocenters. The average Bonchev–Trinajstić information content (AvgIpc) is 2.86. The third-order valence-electron chi connectivity index (χ3n) is 3.69. The van der Waals surface area contributed by atoms with Gasteiger partial charge in [0, 0.05) is 31.4 Å². The molecule has 0 aliphatic rings. The van der Waals surface area contributed by atoms with Crippen LogP contribution in [-0.4, -0.2) is 24.5 Å². The molecule has 1 N–H and O–H groups in total. The summed E-state index contributed by atoms with van der Waals surface area (Å²) in [5, 5.41) is 0.927. The molecule has 0 saturated heterocycles. The van der Waals surface area contributed by atoms with Gasteiger partial charge in [-0.15, -0.1) is 0 Å². The van der Waals surface area contributed by atoms with Gasteiger partial charge in [-0.05, 0) is 42.3 Å². The lowest BCUT2D eigenvalue weighted by Crippen LogP contribution is -2.27. The van der Waals surface area contributed by atoms with Crippen molar-refractivity contribution >= 4 is 21.1 Å². The zero-order valence-electron chi connectivity index (χ0n) is 12.8. The van der Waals surface area contributed by atoms with E-state index in [1.807, 2.05) is 23.9 Å². The first-order valence-corrected chi connectivity index (χ1v) is 8.70. The van der Waals surface area contributed by atoms with E-state index in [-0.39, 0.29) is 6.54 Å². The highest BCUT2D eigenvalue weighted by Crippen LogP contribution is 2.19. The van der Waals surface area contributed by atoms with E-state index in [1.165, 1.54) is 0 Å². The summed E-state index contributed by atoms with van der Waals surface area (Å²) in [6, 6.07) is 6.04. The second kappa shape index (κ2) is 6.29. The van der Waals surface area contributed by atoms with Crippen LogP contribution < -0.4 is 4.72 Å². The number of hydrogen-bond donors (Lipinski definition) is 1. The van der Waals surface area contributed by atoms with Gasteiger partial charge in [0.25, 0.3) is 0 Å². The maximum absolute atomic E-state index is 13.6. The van der Waals surface area contributed by atoms with Crippen molar-refractivity contribution in [3.63, 3.8) is 0 Å². The number of hydrogen-bond acceptors (Lipinski definition) is 3. The van der Waals surface area contributed by atoms with Gasteiger partial charge in [0.05, 0.1) is 0 Å². The van der Waals surface area contributed by atoms with Gasteiger partial charge < -0.3 is 4.57 Å². The summed E-state index contributed by atoms with van der Waals surface area (Å²) in [5.41, 5.74) is 1.72. The first kappa shape index (κ1) is 16.5. The lowest BCUT2D eigenvalue weighted by atomic mass is 10.2. The number of aryl methyl sites for hydroxylation is 1. The SMILES string of the molecule is Cn1cc(CCNS(=O)(=O)c2cc(F)ccc2F)c2cccnc21. The van der Waals surface area contributed by atoms with Crippen LogP contribution in [-0.2, 0) is 23.5 Å². The topological polar surface area (TPSA) is 64.0 Å². The summed E-state index contributed by atoms with van der Waals surface area (Å²) >= 11 is 0. The molecular weight excluding hydrogens is 336 g/mol. The number of fused-ring (bicyclic) bond motifs is 1. The van der Waals surface area contributed by atoms with Gasteiger partial charge in [0.1, 0.15) is 22.2 Å². The quantitative estimate of drug-likeness (QED) is 0.768. The largest absolute Gasteiger partial charge is 0.335 e. The van der Waals surface area contributed by atoms with E-state index in [4.69, 9.17) is 0 Å². The first-order chi connectivity index (χ1) is 11.4. The monoisotopic (exact) mass is 351 g/mol. The summed E-state index contributed by atoms with van der Waals surface area (Å²) in [6.45, 7) is 0.0618. The third kappa shape index (κ3) is 3.15. The van der Waals surface area contributed by atoms with Gasteiger partial charge in [0.15, 0.2) is 0 Å². The average molecular weight is 351 g/mol. The number of halogens is 2. The van der Waals surface area contributed by atoms with Crippen LogP contribution in [0, 0.1) is 11.6 Å². The number of nitrogens with one attached hydrogen (secondary N) is 1. The molecule has 0 spiro atoms. The molecule has 8 heteroatoms. The number of rotatable bonds is 5. The maximum atomic E-state index is 13.6. The third-order valence-corrected chi connectivity index (χ3v) is 5.16. The molecule has 0 atom stereocenters. The molecule has 0 amide bonds. The Morgan fingerprint density at radius 3 is 2.83 bits per heavy atom. The summed E-state index contributed by atoms with van der Waals surface area (Å²) < 4.78 is 55.2. The van der Waals surface area contributed by atoms with Crippen LogP contribution >= 0.6 is 0 Å². The van der Waals surface area contributed by atoms with Crippen molar-refractivity contribution in [2.45, 2.75) is 11.3 Å². The fourth-order valence-corrected chi connectivity index (χ4v) is 3.69. The van der Waals surface area contributed by atoms with E-state index in [9.17, 15) is 17.2 Å². The molecule has 5 nitrogen and oxygen atoms in total. The Bertz CT molecular complexity index is 1000. The van der Waals surface area contributed by atoms with Gasteiger partial charge in [-0.25, -0.2) is 26.9 Å². The van der Waals surface area contributed by atoms with Crippen molar-refractivity contribution in [3.05, 3.63) is 59.9 Å². The number of benzene rings is 1. The van der Waals surface area contributed by atoms with Crippen LogP contribution in [0.2, 0.25) is 0 Å². The van der Waals surface area contributed by atoms with Crippen molar-refractivity contribution < 1.29 is 17.2 Å². The van der Waals surface area contributed by atoms with E-state index in [0.29, 0.717) is 12.5 Å². The minimum Gasteiger partial charge on any atom is -0.335 e. The Kier molecular flexibility index (Phi) is 4.33. The summed E-state index contributed by atoms with van der Waals surface area (Å²) in [7, 11) is -2.27. The van der Waals surface area contributed by atoms with Crippen LogP contribution in [0.3, 0.4) is 0 Å². The van der Waals surface area contributed by atoms with E-state index >= 15 is 0 Å². The number of aromatic nitrogens is 2. The second-order valence-corrected chi connectivity index (χ2v) is 7.10. The van der Waals surface area contributed by atoms with Crippen LogP contribution in [0.1, 0.15) is 5.56 Å². The maximum Gasteiger partial charge on any atom is 0.243 e. The molecule has 0 aliphatic heterocycles. The van der Waals surface area contributed by atoms with E-state index < -0.39 is 26.6 Å². The Morgan fingerprint density at radius 1 is 1.25 bits per heavy atom. The highest BCUT2D eigenvalue weighted by molar-refractivity contribution is 7.89. The van der Waals surface area contributed by atoms with Crippen molar-refractivity contribution in [3.8, 4) is 0 Å². The lowest BCUT2D eigenvalue weighted by Gasteiger charge is -2.07. The van der Waals surface area contributed by atoms with E-state index in [2.05, 4.69) is 9.71 Å². The zero-order valence-corrected chi connectivity index (χ0v) is 13.6. The number of sulfonamides is 1. The molecule has 0 aliphatic carbocycles. The predicted octanol–water partition coefficient (Wildman–Crippen LogP) is 2.37. The Labute approximate surface area is 138 Å². The molecule has 0 saturated carbocycles. The van der Waals surface area contributed by atoms with E-state index in [0.717, 1.165) is 28.7 Å². The van der Waals surface area contributed by atoms with Gasteiger partial charge in [-0.2, -0.15) is 0 Å². The minimum absolute atomic E-state index is 0.0618. The Balaban J connectivity index is 1.77. The van der Waals surface area contributed by atoms with Crippen LogP contribution in [0.15, 0.2) is 47.6 Å². The highest BCUT2D eigenvalue weighted by Gasteiger charge is 2.19. The Hall–Kier alpha value is -2.32. The van der Waals surface area contributed by atoms with Gasteiger partial charge in [-0.3, -0.25) is 0 Å². The molecular formula is C16H15F2N3O2S. The van der Waals surface area contributed by atoms with Crippen molar-refractivity contribution in [2.75, 3.05) is 6.54 Å². The number of nitrogens with zero attached hydrogens (tertiary/aromatic N) is 2. The smallest absolute Gasteiger partial charge is 0.243 e. The van der Waals surface area contributed by atoms with Gasteiger partial charge in [-0.1, -0.05) is 0 Å². The first-order valence-electron chi connectivity index (χ1n) is 7.22. The molecule has 0 radical (unpaired) electrons. The lowest BCUT2D eigenvalue weighted by molar-refractivity contribution is 0.546. The van der Waals surface area contributed by atoms with Crippen molar-refractivity contribution in [1.29, 1.82) is 0 Å². The summed E-state index contributed by atoms with van der Waals surface area (Å²) in [6.07, 6.45) is 3.95. The Morgan fingerprint density at radius 2 is 2.04 bits per heavy atom. The zero-order chi connectivity index (χ0) is 17.3. The number of pyridine rings is 1. The van der Waals surface area contributed by atoms with Crippen molar-refractivity contribution in [1.82, 2.24) is 14.3 Å². The molecule has 2 heterocycles. The molecule has 1 aromatic carbocycles. The molecule has 2 aromatic heterocycles. The molecule has 24 heavy (non-hydrogen) atoms. The van der Waals surface area contributed by atoms with Gasteiger partial charge >= 0.3 is 0 Å². The van der Waals surface area contributed by atoms with E-state index in [1.54, 1.807) is 12.3 Å². The highest BCUT2D eigenvalue weighted by atomic mass is 32.2. The summed E-state index contributed by atoms with van der Waals surface area (Å²) in [5.74, 6) is -1.80. The molecule has 3 rings (SSSR count). The molecule has 0 fully saturated rings. The summed E-state index contributed by atoms with van der Waals surface area (Å²) in [4.78, 5) is 3.57. The standard InChI is InChI=1S/C16H15F2N3O2S/c1-21-10-11(13-3-2-7-19-16(13)21)6-8-20-24(22,23)15-9-12(17)4-5-14(15)18/h2-5,7,9-10,20H,6,8H2,1H3. The van der Waals surface area contributed by atoms with Crippen LogP contribution in [0.25, 0.3) is 11.0 Å². The minimum atomic E-state index is -4.12. The van der Waals surface area contributed by atoms with Crippen molar-refractivity contribution in [2.24, 2.45) is 7.05 Å². The predicted molar refractivity (Wildman–Crippen MR) is 86.0 cm³/mol. The molecule has 0 bridgehead atoms. The second-order valence-electron chi connectivity index (χ2n) is 5.36. The van der Waals surface area contributed by atoms with Gasteiger partial charge in [0.2, 0.25) is 10.0 Å². The normalized spacial score (nSPS) is 12.0. The fraction of sp³-hybridized carbons (Fsp3) is 0.188. The molecule has 126 valence electrons. The fourth-order valence-electron chi connectivity index (χ4n) is 2.57. The van der Waals surface area contributed by atoms with Crippen LogP contribution in [0.5, 0.6) is 0 Å². The molecule has 3 aromatic rings.